The van der Waals surface area contributed by atoms with Gasteiger partial charge in [-0.1, -0.05) is 62.9 Å². The summed E-state index contributed by atoms with van der Waals surface area (Å²) in [5.74, 6) is -0.485. The van der Waals surface area contributed by atoms with Crippen LogP contribution in [0.5, 0.6) is 0 Å². The van der Waals surface area contributed by atoms with Crippen LogP contribution in [0.1, 0.15) is 80.6 Å². The molecule has 1 aromatic heterocycles. The first-order chi connectivity index (χ1) is 18.9. The smallest absolute Gasteiger partial charge is 0.335 e. The second kappa shape index (κ2) is 12.1. The number of carboxylic acids is 1. The molecule has 2 fully saturated rings. The van der Waals surface area contributed by atoms with Crippen LogP contribution in [-0.2, 0) is 11.3 Å². The first kappa shape index (κ1) is 27.7. The zero-order valence-electron chi connectivity index (χ0n) is 23.2. The van der Waals surface area contributed by atoms with Crippen LogP contribution in [0, 0.1) is 0 Å². The van der Waals surface area contributed by atoms with Crippen molar-refractivity contribution >= 4 is 34.4 Å². The van der Waals surface area contributed by atoms with Gasteiger partial charge >= 0.3 is 5.97 Å². The number of aromatic carboxylic acids is 1. The standard InChI is InChI=1S/C32H40ClN3O3/c1-3-34(4-2)26-16-18-35(19-17-26)29(37)21-36-28-20-24(32(38)39)12-15-27(28)30(22-8-6-5-7-9-22)31(36)23-10-13-25(33)14-11-23/h10-15,20,22,26H,3-9,16-19,21H2,1-2H3,(H,38,39). The number of carboxylic acid groups (broad SMARTS) is 1. The van der Waals surface area contributed by atoms with Crippen LogP contribution in [0.15, 0.2) is 42.5 Å². The number of hydrogen-bond acceptors (Lipinski definition) is 3. The zero-order valence-corrected chi connectivity index (χ0v) is 23.9. The molecule has 2 aromatic carbocycles. The molecule has 5 rings (SSSR count). The van der Waals surface area contributed by atoms with E-state index in [-0.39, 0.29) is 18.0 Å². The van der Waals surface area contributed by atoms with Crippen molar-refractivity contribution in [3.63, 3.8) is 0 Å². The summed E-state index contributed by atoms with van der Waals surface area (Å²) in [4.78, 5) is 30.3. The summed E-state index contributed by atoms with van der Waals surface area (Å²) in [5.41, 5.74) is 4.36. The normalized spacial score (nSPS) is 17.3. The van der Waals surface area contributed by atoms with Crippen molar-refractivity contribution in [1.29, 1.82) is 0 Å². The molecule has 2 aliphatic rings. The number of rotatable bonds is 8. The van der Waals surface area contributed by atoms with Gasteiger partial charge in [-0.25, -0.2) is 4.79 Å². The fourth-order valence-corrected chi connectivity index (χ4v) is 6.98. The number of benzene rings is 2. The molecule has 0 radical (unpaired) electrons. The highest BCUT2D eigenvalue weighted by atomic mass is 35.5. The number of amides is 1. The van der Waals surface area contributed by atoms with Gasteiger partial charge in [-0.3, -0.25) is 4.79 Å². The van der Waals surface area contributed by atoms with Crippen molar-refractivity contribution in [3.8, 4) is 11.3 Å². The van der Waals surface area contributed by atoms with Gasteiger partial charge in [0.05, 0.1) is 16.8 Å². The first-order valence-electron chi connectivity index (χ1n) is 14.6. The number of likely N-dealkylation sites (tertiary alicyclic amines) is 1. The predicted molar refractivity (Wildman–Crippen MR) is 158 cm³/mol. The van der Waals surface area contributed by atoms with Gasteiger partial charge in [0, 0.05) is 29.5 Å². The lowest BCUT2D eigenvalue weighted by Gasteiger charge is -2.37. The molecular formula is C32H40ClN3O3. The Hall–Kier alpha value is -2.83. The van der Waals surface area contributed by atoms with Gasteiger partial charge in [-0.15, -0.1) is 0 Å². The van der Waals surface area contributed by atoms with E-state index in [1.54, 1.807) is 12.1 Å². The molecule has 0 spiro atoms. The highest BCUT2D eigenvalue weighted by Gasteiger charge is 2.30. The molecule has 0 unspecified atom stereocenters. The van der Waals surface area contributed by atoms with E-state index in [2.05, 4.69) is 23.3 Å². The van der Waals surface area contributed by atoms with E-state index >= 15 is 0 Å². The van der Waals surface area contributed by atoms with Gasteiger partial charge in [-0.2, -0.15) is 0 Å². The molecule has 1 saturated heterocycles. The molecular weight excluding hydrogens is 510 g/mol. The molecule has 7 heteroatoms. The van der Waals surface area contributed by atoms with Gasteiger partial charge in [0.1, 0.15) is 6.54 Å². The third-order valence-electron chi connectivity index (χ3n) is 8.92. The molecule has 3 aromatic rings. The van der Waals surface area contributed by atoms with Crippen LogP contribution in [0.2, 0.25) is 5.02 Å². The molecule has 1 amide bonds. The predicted octanol–water partition coefficient (Wildman–Crippen LogP) is 7.04. The zero-order chi connectivity index (χ0) is 27.5. The fourth-order valence-electron chi connectivity index (χ4n) is 6.85. The van der Waals surface area contributed by atoms with Crippen molar-refractivity contribution in [3.05, 3.63) is 58.6 Å². The highest BCUT2D eigenvalue weighted by Crippen LogP contribution is 2.44. The lowest BCUT2D eigenvalue weighted by atomic mass is 9.82. The average Bonchev–Trinajstić information content (AvgIpc) is 3.28. The number of piperidine rings is 1. The van der Waals surface area contributed by atoms with Crippen LogP contribution in [-0.4, -0.2) is 63.6 Å². The Balaban J connectivity index is 1.57. The molecule has 1 aliphatic heterocycles. The largest absolute Gasteiger partial charge is 0.478 e. The summed E-state index contributed by atoms with van der Waals surface area (Å²) >= 11 is 6.27. The van der Waals surface area contributed by atoms with Crippen LogP contribution in [0.4, 0.5) is 0 Å². The van der Waals surface area contributed by atoms with E-state index < -0.39 is 5.97 Å². The van der Waals surface area contributed by atoms with Crippen molar-refractivity contribution in [2.24, 2.45) is 0 Å². The van der Waals surface area contributed by atoms with Crippen LogP contribution in [0.25, 0.3) is 22.2 Å². The maximum Gasteiger partial charge on any atom is 0.335 e. The van der Waals surface area contributed by atoms with Crippen LogP contribution in [0.3, 0.4) is 0 Å². The van der Waals surface area contributed by atoms with Crippen molar-refractivity contribution < 1.29 is 14.7 Å². The molecule has 208 valence electrons. The summed E-state index contributed by atoms with van der Waals surface area (Å²) in [5, 5.41) is 11.5. The number of carbonyl (C=O) groups excluding carboxylic acids is 1. The Morgan fingerprint density at radius 1 is 0.949 bits per heavy atom. The lowest BCUT2D eigenvalue weighted by Crippen LogP contribution is -2.47. The van der Waals surface area contributed by atoms with E-state index in [0.29, 0.717) is 17.0 Å². The minimum atomic E-state index is -0.957. The fraction of sp³-hybridized carbons (Fsp3) is 0.500. The number of halogens is 1. The van der Waals surface area contributed by atoms with Gasteiger partial charge in [-0.05, 0) is 80.1 Å². The van der Waals surface area contributed by atoms with Gasteiger partial charge < -0.3 is 19.5 Å². The van der Waals surface area contributed by atoms with Gasteiger partial charge in [0.25, 0.3) is 0 Å². The molecule has 1 aliphatic carbocycles. The van der Waals surface area contributed by atoms with E-state index in [1.165, 1.54) is 24.8 Å². The lowest BCUT2D eigenvalue weighted by molar-refractivity contribution is -0.133. The van der Waals surface area contributed by atoms with Crippen LogP contribution >= 0.6 is 11.6 Å². The van der Waals surface area contributed by atoms with Crippen molar-refractivity contribution in [2.45, 2.75) is 77.3 Å². The number of aromatic nitrogens is 1. The Morgan fingerprint density at radius 2 is 1.62 bits per heavy atom. The molecule has 0 atom stereocenters. The molecule has 39 heavy (non-hydrogen) atoms. The first-order valence-corrected chi connectivity index (χ1v) is 15.0. The third-order valence-corrected chi connectivity index (χ3v) is 9.17. The quantitative estimate of drug-likeness (QED) is 0.327. The second-order valence-corrected chi connectivity index (χ2v) is 11.5. The maximum atomic E-state index is 13.8. The summed E-state index contributed by atoms with van der Waals surface area (Å²) in [6, 6.07) is 13.8. The summed E-state index contributed by atoms with van der Waals surface area (Å²) in [7, 11) is 0. The molecule has 0 bridgehead atoms. The number of nitrogens with zero attached hydrogens (tertiary/aromatic N) is 3. The SMILES string of the molecule is CCN(CC)C1CCN(C(=O)Cn2c(-c3ccc(Cl)cc3)c(C3CCCCC3)c3ccc(C(=O)O)cc32)CC1. The van der Waals surface area contributed by atoms with Crippen molar-refractivity contribution in [2.75, 3.05) is 26.2 Å². The van der Waals surface area contributed by atoms with E-state index in [4.69, 9.17) is 11.6 Å². The minimum Gasteiger partial charge on any atom is -0.478 e. The maximum absolute atomic E-state index is 13.8. The minimum absolute atomic E-state index is 0.0935. The Kier molecular flexibility index (Phi) is 8.63. The summed E-state index contributed by atoms with van der Waals surface area (Å²) in [6.07, 6.45) is 7.80. The van der Waals surface area contributed by atoms with Crippen molar-refractivity contribution in [1.82, 2.24) is 14.4 Å². The van der Waals surface area contributed by atoms with Gasteiger partial charge in [0.2, 0.25) is 5.91 Å². The Morgan fingerprint density at radius 3 is 2.23 bits per heavy atom. The number of hydrogen-bond donors (Lipinski definition) is 1. The number of fused-ring (bicyclic) bond motifs is 1. The van der Waals surface area contributed by atoms with E-state index in [0.717, 1.165) is 74.0 Å². The third kappa shape index (κ3) is 5.73. The topological polar surface area (TPSA) is 65.8 Å². The summed E-state index contributed by atoms with van der Waals surface area (Å²) in [6.45, 7) is 8.17. The Bertz CT molecular complexity index is 1310. The average molecular weight is 550 g/mol. The van der Waals surface area contributed by atoms with E-state index in [1.807, 2.05) is 35.2 Å². The molecule has 6 nitrogen and oxygen atoms in total. The van der Waals surface area contributed by atoms with E-state index in [9.17, 15) is 14.7 Å². The molecule has 2 heterocycles. The number of carbonyl (C=O) groups is 2. The van der Waals surface area contributed by atoms with Crippen LogP contribution < -0.4 is 0 Å². The second-order valence-electron chi connectivity index (χ2n) is 11.1. The van der Waals surface area contributed by atoms with Gasteiger partial charge in [0.15, 0.2) is 0 Å². The Labute approximate surface area is 236 Å². The monoisotopic (exact) mass is 549 g/mol. The molecule has 1 saturated carbocycles. The summed E-state index contributed by atoms with van der Waals surface area (Å²) < 4.78 is 2.09. The highest BCUT2D eigenvalue weighted by molar-refractivity contribution is 6.30. The molecule has 1 N–H and O–H groups in total.